The van der Waals surface area contributed by atoms with Crippen LogP contribution in [0.15, 0.2) is 36.9 Å². The van der Waals surface area contributed by atoms with E-state index in [4.69, 9.17) is 9.84 Å². The summed E-state index contributed by atoms with van der Waals surface area (Å²) in [7, 11) is 0. The quantitative estimate of drug-likeness (QED) is 0.749. The lowest BCUT2D eigenvalue weighted by atomic mass is 10.1. The lowest BCUT2D eigenvalue weighted by Crippen LogP contribution is -2.18. The molecule has 0 saturated carbocycles. The molecule has 1 N–H and O–H groups in total. The molecule has 1 rings (SSSR count). The van der Waals surface area contributed by atoms with Crippen molar-refractivity contribution in [3.8, 4) is 5.75 Å². The summed E-state index contributed by atoms with van der Waals surface area (Å²) in [6.07, 6.45) is 2.51. The van der Waals surface area contributed by atoms with Crippen molar-refractivity contribution in [2.24, 2.45) is 5.92 Å². The average molecular weight is 220 g/mol. The molecule has 1 aromatic rings. The summed E-state index contributed by atoms with van der Waals surface area (Å²) in [5.41, 5.74) is 1.02. The van der Waals surface area contributed by atoms with Crippen LogP contribution in [0.5, 0.6) is 5.75 Å². The van der Waals surface area contributed by atoms with E-state index in [9.17, 15) is 4.79 Å². The first kappa shape index (κ1) is 12.3. The van der Waals surface area contributed by atoms with Crippen molar-refractivity contribution in [3.63, 3.8) is 0 Å². The normalized spacial score (nSPS) is 11.8. The number of carbonyl (C=O) groups is 1. The molecule has 1 atom stereocenters. The third-order valence-corrected chi connectivity index (χ3v) is 2.25. The number of allylic oxidation sites excluding steroid dienone is 1. The van der Waals surface area contributed by atoms with Crippen LogP contribution in [0.25, 0.3) is 0 Å². The SMILES string of the molecule is C=CCc1ccccc1OCC(C)C(=O)O. The summed E-state index contributed by atoms with van der Waals surface area (Å²) in [5, 5.41) is 8.74. The van der Waals surface area contributed by atoms with Crippen LogP contribution in [0.3, 0.4) is 0 Å². The topological polar surface area (TPSA) is 46.5 Å². The number of carboxylic acids is 1. The maximum Gasteiger partial charge on any atom is 0.309 e. The van der Waals surface area contributed by atoms with Gasteiger partial charge in [0.2, 0.25) is 0 Å². The van der Waals surface area contributed by atoms with Crippen LogP contribution in [0.4, 0.5) is 0 Å². The molecule has 0 fully saturated rings. The van der Waals surface area contributed by atoms with Crippen LogP contribution in [0.2, 0.25) is 0 Å². The Bertz CT molecular complexity index is 371. The standard InChI is InChI=1S/C13H16O3/c1-3-6-11-7-4-5-8-12(11)16-9-10(2)13(14)15/h3-5,7-8,10H,1,6,9H2,2H3,(H,14,15). The van der Waals surface area contributed by atoms with Gasteiger partial charge in [-0.25, -0.2) is 0 Å². The van der Waals surface area contributed by atoms with Crippen LogP contribution in [0, 0.1) is 5.92 Å². The van der Waals surface area contributed by atoms with Gasteiger partial charge in [0.25, 0.3) is 0 Å². The Morgan fingerprint density at radius 1 is 1.56 bits per heavy atom. The zero-order chi connectivity index (χ0) is 12.0. The highest BCUT2D eigenvalue weighted by molar-refractivity contribution is 5.69. The van der Waals surface area contributed by atoms with Crippen LogP contribution >= 0.6 is 0 Å². The van der Waals surface area contributed by atoms with Crippen molar-refractivity contribution in [2.45, 2.75) is 13.3 Å². The summed E-state index contributed by atoms with van der Waals surface area (Å²) in [6.45, 7) is 5.48. The average Bonchev–Trinajstić information content (AvgIpc) is 2.27. The summed E-state index contributed by atoms with van der Waals surface area (Å²) >= 11 is 0. The Hall–Kier alpha value is -1.77. The molecule has 0 aromatic heterocycles. The lowest BCUT2D eigenvalue weighted by molar-refractivity contribution is -0.142. The monoisotopic (exact) mass is 220 g/mol. The number of hydrogen-bond donors (Lipinski definition) is 1. The minimum absolute atomic E-state index is 0.184. The van der Waals surface area contributed by atoms with E-state index in [0.717, 1.165) is 17.7 Å². The van der Waals surface area contributed by atoms with Crippen molar-refractivity contribution in [2.75, 3.05) is 6.61 Å². The Labute approximate surface area is 95.4 Å². The van der Waals surface area contributed by atoms with Gasteiger partial charge < -0.3 is 9.84 Å². The van der Waals surface area contributed by atoms with E-state index in [1.807, 2.05) is 24.3 Å². The molecule has 3 heteroatoms. The van der Waals surface area contributed by atoms with E-state index in [0.29, 0.717) is 0 Å². The highest BCUT2D eigenvalue weighted by atomic mass is 16.5. The number of carboxylic acid groups (broad SMARTS) is 1. The maximum absolute atomic E-state index is 10.6. The third-order valence-electron chi connectivity index (χ3n) is 2.25. The van der Waals surface area contributed by atoms with Crippen LogP contribution in [0.1, 0.15) is 12.5 Å². The minimum Gasteiger partial charge on any atom is -0.492 e. The molecule has 0 amide bonds. The van der Waals surface area contributed by atoms with Gasteiger partial charge in [0.1, 0.15) is 12.4 Å². The molecular weight excluding hydrogens is 204 g/mol. The number of para-hydroxylation sites is 1. The predicted octanol–water partition coefficient (Wildman–Crippen LogP) is 2.51. The number of ether oxygens (including phenoxy) is 1. The van der Waals surface area contributed by atoms with Gasteiger partial charge in [-0.15, -0.1) is 6.58 Å². The zero-order valence-corrected chi connectivity index (χ0v) is 9.35. The first-order valence-electron chi connectivity index (χ1n) is 5.19. The lowest BCUT2D eigenvalue weighted by Gasteiger charge is -2.12. The van der Waals surface area contributed by atoms with Crippen LogP contribution in [-0.4, -0.2) is 17.7 Å². The Morgan fingerprint density at radius 3 is 2.88 bits per heavy atom. The first-order valence-corrected chi connectivity index (χ1v) is 5.19. The molecule has 0 aliphatic rings. The van der Waals surface area contributed by atoms with E-state index in [2.05, 4.69) is 6.58 Å². The molecule has 0 radical (unpaired) electrons. The Morgan fingerprint density at radius 2 is 2.25 bits per heavy atom. The second-order valence-corrected chi connectivity index (χ2v) is 3.65. The Kier molecular flexibility index (Phi) is 4.58. The van der Waals surface area contributed by atoms with E-state index in [1.165, 1.54) is 0 Å². The molecule has 0 aliphatic carbocycles. The first-order chi connectivity index (χ1) is 7.65. The van der Waals surface area contributed by atoms with E-state index < -0.39 is 11.9 Å². The van der Waals surface area contributed by atoms with Crippen molar-refractivity contribution in [3.05, 3.63) is 42.5 Å². The molecule has 0 heterocycles. The van der Waals surface area contributed by atoms with Gasteiger partial charge in [-0.05, 0) is 25.0 Å². The van der Waals surface area contributed by atoms with Gasteiger partial charge in [-0.2, -0.15) is 0 Å². The third kappa shape index (κ3) is 3.42. The van der Waals surface area contributed by atoms with Crippen molar-refractivity contribution in [1.29, 1.82) is 0 Å². The van der Waals surface area contributed by atoms with E-state index in [1.54, 1.807) is 13.0 Å². The smallest absolute Gasteiger partial charge is 0.309 e. The van der Waals surface area contributed by atoms with Gasteiger partial charge in [0.15, 0.2) is 0 Å². The highest BCUT2D eigenvalue weighted by Crippen LogP contribution is 2.19. The fourth-order valence-electron chi connectivity index (χ4n) is 1.25. The van der Waals surface area contributed by atoms with Crippen molar-refractivity contribution in [1.82, 2.24) is 0 Å². The maximum atomic E-state index is 10.6. The van der Waals surface area contributed by atoms with Gasteiger partial charge in [0, 0.05) is 0 Å². The molecule has 3 nitrogen and oxygen atoms in total. The fourth-order valence-corrected chi connectivity index (χ4v) is 1.25. The van der Waals surface area contributed by atoms with Gasteiger partial charge in [-0.3, -0.25) is 4.79 Å². The van der Waals surface area contributed by atoms with Crippen molar-refractivity contribution < 1.29 is 14.6 Å². The van der Waals surface area contributed by atoms with E-state index >= 15 is 0 Å². The molecular formula is C13H16O3. The fraction of sp³-hybridized carbons (Fsp3) is 0.308. The zero-order valence-electron chi connectivity index (χ0n) is 9.35. The number of hydrogen-bond acceptors (Lipinski definition) is 2. The van der Waals surface area contributed by atoms with Crippen LogP contribution < -0.4 is 4.74 Å². The molecule has 1 unspecified atom stereocenters. The Balaban J connectivity index is 2.65. The molecule has 0 bridgehead atoms. The van der Waals surface area contributed by atoms with E-state index in [-0.39, 0.29) is 6.61 Å². The second kappa shape index (κ2) is 5.95. The largest absolute Gasteiger partial charge is 0.492 e. The summed E-state index contributed by atoms with van der Waals surface area (Å²) in [5.74, 6) is -0.617. The molecule has 1 aromatic carbocycles. The second-order valence-electron chi connectivity index (χ2n) is 3.65. The molecule has 0 aliphatic heterocycles. The number of aliphatic carboxylic acids is 1. The number of rotatable bonds is 6. The minimum atomic E-state index is -0.846. The molecule has 86 valence electrons. The number of benzene rings is 1. The summed E-state index contributed by atoms with van der Waals surface area (Å²) in [4.78, 5) is 10.6. The van der Waals surface area contributed by atoms with Crippen LogP contribution in [-0.2, 0) is 11.2 Å². The highest BCUT2D eigenvalue weighted by Gasteiger charge is 2.12. The summed E-state index contributed by atoms with van der Waals surface area (Å²) < 4.78 is 5.48. The summed E-state index contributed by atoms with van der Waals surface area (Å²) in [6, 6.07) is 7.58. The molecule has 0 saturated heterocycles. The molecule has 0 spiro atoms. The van der Waals surface area contributed by atoms with Crippen molar-refractivity contribution >= 4 is 5.97 Å². The van der Waals surface area contributed by atoms with Gasteiger partial charge >= 0.3 is 5.97 Å². The molecule has 16 heavy (non-hydrogen) atoms. The van der Waals surface area contributed by atoms with Gasteiger partial charge in [0.05, 0.1) is 5.92 Å². The predicted molar refractivity (Wildman–Crippen MR) is 62.6 cm³/mol. The van der Waals surface area contributed by atoms with Gasteiger partial charge in [-0.1, -0.05) is 24.3 Å².